The Hall–Kier alpha value is -1.29. The summed E-state index contributed by atoms with van der Waals surface area (Å²) in [7, 11) is 0. The van der Waals surface area contributed by atoms with Crippen molar-refractivity contribution in [3.8, 4) is 0 Å². The van der Waals surface area contributed by atoms with E-state index in [-0.39, 0.29) is 5.69 Å². The third-order valence-corrected chi connectivity index (χ3v) is 2.06. The Labute approximate surface area is 69.5 Å². The molecule has 0 aromatic carbocycles. The zero-order valence-corrected chi connectivity index (χ0v) is 6.68. The van der Waals surface area contributed by atoms with Gasteiger partial charge in [-0.3, -0.25) is 0 Å². The van der Waals surface area contributed by atoms with Crippen molar-refractivity contribution >= 4 is 6.08 Å². The molecule has 1 aromatic heterocycles. The third kappa shape index (κ3) is 1.10. The number of hydrogen-bond acceptors (Lipinski definition) is 2. The van der Waals surface area contributed by atoms with E-state index in [0.717, 1.165) is 24.2 Å². The highest BCUT2D eigenvalue weighted by Crippen LogP contribution is 2.21. The Morgan fingerprint density at radius 1 is 1.50 bits per heavy atom. The number of rotatable bonds is 2. The second kappa shape index (κ2) is 2.64. The van der Waals surface area contributed by atoms with E-state index in [1.54, 1.807) is 0 Å². The molecule has 0 saturated carbocycles. The number of H-pyrrole nitrogens is 2. The summed E-state index contributed by atoms with van der Waals surface area (Å²) in [6, 6.07) is 0. The number of imidazole rings is 1. The first kappa shape index (κ1) is 7.36. The quantitative estimate of drug-likeness (QED) is 0.576. The summed E-state index contributed by atoms with van der Waals surface area (Å²) in [5.74, 6) is 0. The summed E-state index contributed by atoms with van der Waals surface area (Å²) in [5.41, 5.74) is 8.49. The van der Waals surface area contributed by atoms with Gasteiger partial charge in [0.25, 0.3) is 0 Å². The Bertz CT molecular complexity index is 372. The Morgan fingerprint density at radius 2 is 2.33 bits per heavy atom. The summed E-state index contributed by atoms with van der Waals surface area (Å²) in [6.07, 6.45) is 3.75. The fourth-order valence-electron chi connectivity index (χ4n) is 1.52. The average molecular weight is 165 g/mol. The molecule has 12 heavy (non-hydrogen) atoms. The molecule has 2 rings (SSSR count). The van der Waals surface area contributed by atoms with E-state index >= 15 is 0 Å². The van der Waals surface area contributed by atoms with Crippen molar-refractivity contribution in [3.63, 3.8) is 0 Å². The lowest BCUT2D eigenvalue weighted by Gasteiger charge is -1.95. The first-order chi connectivity index (χ1) is 5.79. The summed E-state index contributed by atoms with van der Waals surface area (Å²) >= 11 is 0. The zero-order chi connectivity index (χ0) is 8.55. The molecule has 0 aliphatic heterocycles. The van der Waals surface area contributed by atoms with Gasteiger partial charge in [0, 0.05) is 12.1 Å². The third-order valence-electron chi connectivity index (χ3n) is 2.06. The van der Waals surface area contributed by atoms with Crippen molar-refractivity contribution in [1.29, 1.82) is 0 Å². The Balaban J connectivity index is 2.27. The molecule has 4 N–H and O–H groups in total. The van der Waals surface area contributed by atoms with Crippen molar-refractivity contribution in [1.82, 2.24) is 9.97 Å². The SMILES string of the molecule is NCCC1=Cc2[nH]c(=O)[nH]c2C1. The fraction of sp³-hybridized carbons (Fsp3) is 0.375. The highest BCUT2D eigenvalue weighted by molar-refractivity contribution is 5.58. The van der Waals surface area contributed by atoms with Crippen LogP contribution < -0.4 is 11.4 Å². The number of aromatic nitrogens is 2. The standard InChI is InChI=1S/C8H11N3O/c9-2-1-5-3-6-7(4-5)11-8(12)10-6/h3H,1-2,4,9H2,(H2,10,11,12). The number of hydrogen-bond donors (Lipinski definition) is 3. The van der Waals surface area contributed by atoms with Crippen molar-refractivity contribution in [2.75, 3.05) is 6.54 Å². The van der Waals surface area contributed by atoms with Gasteiger partial charge in [0.1, 0.15) is 0 Å². The molecule has 1 aromatic rings. The van der Waals surface area contributed by atoms with Gasteiger partial charge < -0.3 is 15.7 Å². The topological polar surface area (TPSA) is 74.7 Å². The molecule has 0 radical (unpaired) electrons. The summed E-state index contributed by atoms with van der Waals surface area (Å²) in [5, 5.41) is 0. The van der Waals surface area contributed by atoms with Gasteiger partial charge in [-0.05, 0) is 19.0 Å². The van der Waals surface area contributed by atoms with Gasteiger partial charge in [-0.15, -0.1) is 0 Å². The molecule has 0 amide bonds. The van der Waals surface area contributed by atoms with Crippen LogP contribution in [0, 0.1) is 0 Å². The van der Waals surface area contributed by atoms with E-state index in [1.807, 2.05) is 6.08 Å². The molecule has 1 heterocycles. The van der Waals surface area contributed by atoms with Crippen LogP contribution in [-0.4, -0.2) is 16.5 Å². The fourth-order valence-corrected chi connectivity index (χ4v) is 1.52. The van der Waals surface area contributed by atoms with Gasteiger partial charge in [-0.2, -0.15) is 0 Å². The van der Waals surface area contributed by atoms with Crippen LogP contribution in [0.15, 0.2) is 10.4 Å². The zero-order valence-electron chi connectivity index (χ0n) is 6.68. The maximum atomic E-state index is 10.8. The van der Waals surface area contributed by atoms with Crippen LogP contribution >= 0.6 is 0 Å². The molecule has 4 heteroatoms. The van der Waals surface area contributed by atoms with Gasteiger partial charge in [-0.25, -0.2) is 4.79 Å². The lowest BCUT2D eigenvalue weighted by molar-refractivity contribution is 0.913. The maximum absolute atomic E-state index is 10.8. The van der Waals surface area contributed by atoms with Gasteiger partial charge in [0.05, 0.1) is 5.69 Å². The predicted octanol–water partition coefficient (Wildman–Crippen LogP) is -0.00870. The minimum Gasteiger partial charge on any atom is -0.330 e. The lowest BCUT2D eigenvalue weighted by atomic mass is 10.1. The lowest BCUT2D eigenvalue weighted by Crippen LogP contribution is -2.04. The average Bonchev–Trinajstić information content (AvgIpc) is 2.44. The monoisotopic (exact) mass is 165 g/mol. The molecule has 0 atom stereocenters. The largest absolute Gasteiger partial charge is 0.330 e. The normalized spacial score (nSPS) is 14.6. The molecule has 4 nitrogen and oxygen atoms in total. The van der Waals surface area contributed by atoms with Gasteiger partial charge in [0.15, 0.2) is 0 Å². The molecule has 0 spiro atoms. The molecule has 0 fully saturated rings. The van der Waals surface area contributed by atoms with Gasteiger partial charge in [-0.1, -0.05) is 5.57 Å². The Morgan fingerprint density at radius 3 is 3.00 bits per heavy atom. The van der Waals surface area contributed by atoms with E-state index in [4.69, 9.17) is 5.73 Å². The predicted molar refractivity (Wildman–Crippen MR) is 46.8 cm³/mol. The first-order valence-electron chi connectivity index (χ1n) is 4.00. The van der Waals surface area contributed by atoms with E-state index in [1.165, 1.54) is 5.57 Å². The van der Waals surface area contributed by atoms with Gasteiger partial charge >= 0.3 is 5.69 Å². The molecule has 64 valence electrons. The maximum Gasteiger partial charge on any atom is 0.323 e. The second-order valence-corrected chi connectivity index (χ2v) is 2.99. The molecule has 0 unspecified atom stereocenters. The van der Waals surface area contributed by atoms with E-state index in [9.17, 15) is 4.79 Å². The first-order valence-corrected chi connectivity index (χ1v) is 4.00. The summed E-state index contributed by atoms with van der Waals surface area (Å²) in [4.78, 5) is 16.3. The molecule has 0 bridgehead atoms. The van der Waals surface area contributed by atoms with Crippen molar-refractivity contribution in [3.05, 3.63) is 27.4 Å². The molecular weight excluding hydrogens is 154 g/mol. The van der Waals surface area contributed by atoms with Crippen LogP contribution in [0.25, 0.3) is 6.08 Å². The van der Waals surface area contributed by atoms with Gasteiger partial charge in [0.2, 0.25) is 0 Å². The number of aromatic amines is 2. The number of nitrogens with two attached hydrogens (primary N) is 1. The minimum atomic E-state index is -0.122. The smallest absolute Gasteiger partial charge is 0.323 e. The Kier molecular flexibility index (Phi) is 1.62. The van der Waals surface area contributed by atoms with Crippen LogP contribution in [0.3, 0.4) is 0 Å². The van der Waals surface area contributed by atoms with E-state index < -0.39 is 0 Å². The minimum absolute atomic E-state index is 0.122. The summed E-state index contributed by atoms with van der Waals surface area (Å²) < 4.78 is 0. The van der Waals surface area contributed by atoms with Crippen molar-refractivity contribution in [2.24, 2.45) is 5.73 Å². The number of fused-ring (bicyclic) bond motifs is 1. The van der Waals surface area contributed by atoms with Crippen LogP contribution in [0.5, 0.6) is 0 Å². The molecule has 1 aliphatic carbocycles. The van der Waals surface area contributed by atoms with Crippen LogP contribution in [0.2, 0.25) is 0 Å². The molecule has 1 aliphatic rings. The van der Waals surface area contributed by atoms with Crippen LogP contribution in [0.4, 0.5) is 0 Å². The second-order valence-electron chi connectivity index (χ2n) is 2.99. The molecule has 0 saturated heterocycles. The highest BCUT2D eigenvalue weighted by atomic mass is 16.1. The van der Waals surface area contributed by atoms with Crippen LogP contribution in [-0.2, 0) is 6.42 Å². The van der Waals surface area contributed by atoms with Crippen molar-refractivity contribution < 1.29 is 0 Å². The van der Waals surface area contributed by atoms with E-state index in [2.05, 4.69) is 9.97 Å². The number of nitrogens with one attached hydrogen (secondary N) is 2. The van der Waals surface area contributed by atoms with E-state index in [0.29, 0.717) is 6.54 Å². The van der Waals surface area contributed by atoms with Crippen LogP contribution in [0.1, 0.15) is 17.8 Å². The highest BCUT2D eigenvalue weighted by Gasteiger charge is 2.14. The summed E-state index contributed by atoms with van der Waals surface area (Å²) in [6.45, 7) is 0.667. The molecular formula is C8H11N3O. The van der Waals surface area contributed by atoms with Crippen molar-refractivity contribution in [2.45, 2.75) is 12.8 Å².